The van der Waals surface area contributed by atoms with Crippen molar-refractivity contribution in [1.29, 1.82) is 0 Å². The van der Waals surface area contributed by atoms with Crippen molar-refractivity contribution in [3.8, 4) is 0 Å². The van der Waals surface area contributed by atoms with Crippen LogP contribution in [0.4, 0.5) is 0 Å². The lowest BCUT2D eigenvalue weighted by atomic mass is 10.00. The standard InChI is InChI=1S/C21H29BrO6/c1-4-9-16(23)27-18-14(3)26-21(22)20(19(18)28-17(24)10-5-2)25-13-15-11-7-6-8-12-15/h6-8,11-12,14,18-21H,4-5,9-10,13H2,1-3H3/t14-,18-,19+,20+,21+/m0/s1. The van der Waals surface area contributed by atoms with Gasteiger partial charge in [-0.2, -0.15) is 0 Å². The maximum absolute atomic E-state index is 12.2. The van der Waals surface area contributed by atoms with Crippen LogP contribution in [0, 0.1) is 0 Å². The van der Waals surface area contributed by atoms with Crippen LogP contribution in [0.15, 0.2) is 30.3 Å². The van der Waals surface area contributed by atoms with Gasteiger partial charge in [0.25, 0.3) is 0 Å². The molecule has 5 atom stereocenters. The Balaban J connectivity index is 2.18. The van der Waals surface area contributed by atoms with Crippen molar-refractivity contribution in [2.75, 3.05) is 0 Å². The van der Waals surface area contributed by atoms with Crippen molar-refractivity contribution in [3.05, 3.63) is 35.9 Å². The number of benzene rings is 1. The molecule has 156 valence electrons. The normalized spacial score (nSPS) is 27.2. The SMILES string of the molecule is CCCC(=O)O[C@@H]1[C@@H](OC(=O)CCC)[C@H](C)O[C@@H](Br)[C@@H]1OCc1ccccc1. The van der Waals surface area contributed by atoms with Crippen LogP contribution in [0.25, 0.3) is 0 Å². The van der Waals surface area contributed by atoms with E-state index in [2.05, 4.69) is 15.9 Å². The molecule has 0 amide bonds. The lowest BCUT2D eigenvalue weighted by Crippen LogP contribution is -2.58. The Kier molecular flexibility index (Phi) is 9.41. The molecule has 6 nitrogen and oxygen atoms in total. The summed E-state index contributed by atoms with van der Waals surface area (Å²) in [6, 6.07) is 9.69. The van der Waals surface area contributed by atoms with E-state index < -0.39 is 29.4 Å². The van der Waals surface area contributed by atoms with E-state index in [1.165, 1.54) is 0 Å². The molecule has 1 aromatic rings. The summed E-state index contributed by atoms with van der Waals surface area (Å²) in [4.78, 5) is 24.3. The van der Waals surface area contributed by atoms with Crippen molar-refractivity contribution >= 4 is 27.9 Å². The first kappa shape index (κ1) is 22.8. The van der Waals surface area contributed by atoms with E-state index in [1.807, 2.05) is 44.2 Å². The summed E-state index contributed by atoms with van der Waals surface area (Å²) in [7, 11) is 0. The number of carbonyl (C=O) groups excluding carboxylic acids is 2. The number of carbonyl (C=O) groups is 2. The molecule has 0 unspecified atom stereocenters. The number of alkyl halides is 1. The van der Waals surface area contributed by atoms with Crippen LogP contribution in [0.3, 0.4) is 0 Å². The zero-order valence-electron chi connectivity index (χ0n) is 16.6. The highest BCUT2D eigenvalue weighted by Crippen LogP contribution is 2.32. The van der Waals surface area contributed by atoms with Gasteiger partial charge in [-0.15, -0.1) is 0 Å². The second-order valence-corrected chi connectivity index (χ2v) is 7.77. The van der Waals surface area contributed by atoms with Gasteiger partial charge in [-0.25, -0.2) is 0 Å². The Morgan fingerprint density at radius 3 is 2.11 bits per heavy atom. The maximum atomic E-state index is 12.2. The van der Waals surface area contributed by atoms with Gasteiger partial charge in [-0.1, -0.05) is 60.1 Å². The molecular formula is C21H29BrO6. The van der Waals surface area contributed by atoms with E-state index in [4.69, 9.17) is 18.9 Å². The molecule has 0 saturated carbocycles. The van der Waals surface area contributed by atoms with Gasteiger partial charge < -0.3 is 18.9 Å². The molecule has 0 bridgehead atoms. The first-order valence-electron chi connectivity index (χ1n) is 9.80. The molecule has 0 radical (unpaired) electrons. The number of rotatable bonds is 9. The molecule has 28 heavy (non-hydrogen) atoms. The van der Waals surface area contributed by atoms with Crippen molar-refractivity contribution in [3.63, 3.8) is 0 Å². The van der Waals surface area contributed by atoms with E-state index in [0.717, 1.165) is 5.56 Å². The Morgan fingerprint density at radius 2 is 1.54 bits per heavy atom. The molecule has 7 heteroatoms. The van der Waals surface area contributed by atoms with Crippen molar-refractivity contribution in [2.24, 2.45) is 0 Å². The fourth-order valence-corrected chi connectivity index (χ4v) is 3.82. The molecule has 1 aromatic carbocycles. The van der Waals surface area contributed by atoms with Gasteiger partial charge in [0.15, 0.2) is 12.2 Å². The lowest BCUT2D eigenvalue weighted by Gasteiger charge is -2.42. The minimum Gasteiger partial charge on any atom is -0.455 e. The molecule has 1 fully saturated rings. The Hall–Kier alpha value is -1.44. The van der Waals surface area contributed by atoms with Gasteiger partial charge >= 0.3 is 11.9 Å². The van der Waals surface area contributed by atoms with Crippen LogP contribution >= 0.6 is 15.9 Å². The third-order valence-electron chi connectivity index (χ3n) is 4.44. The van der Waals surface area contributed by atoms with Crippen LogP contribution in [-0.4, -0.2) is 41.4 Å². The summed E-state index contributed by atoms with van der Waals surface area (Å²) in [5.41, 5.74) is 0.985. The third-order valence-corrected chi connectivity index (χ3v) is 5.18. The number of hydrogen-bond acceptors (Lipinski definition) is 6. The molecule has 0 N–H and O–H groups in total. The molecule has 1 heterocycles. The second-order valence-electron chi connectivity index (χ2n) is 6.86. The van der Waals surface area contributed by atoms with Gasteiger partial charge in [0, 0.05) is 12.8 Å². The highest BCUT2D eigenvalue weighted by Gasteiger charge is 2.48. The Bertz CT molecular complexity index is 623. The summed E-state index contributed by atoms with van der Waals surface area (Å²) in [5, 5.41) is -0.494. The molecular weight excluding hydrogens is 428 g/mol. The van der Waals surface area contributed by atoms with Crippen LogP contribution in [0.5, 0.6) is 0 Å². The third kappa shape index (κ3) is 6.57. The molecule has 0 aromatic heterocycles. The minimum absolute atomic E-state index is 0.291. The fraction of sp³-hybridized carbons (Fsp3) is 0.619. The second kappa shape index (κ2) is 11.5. The summed E-state index contributed by atoms with van der Waals surface area (Å²) in [5.74, 6) is -0.680. The van der Waals surface area contributed by atoms with Gasteiger partial charge in [-0.05, 0) is 25.3 Å². The molecule has 0 spiro atoms. The number of halogens is 1. The minimum atomic E-state index is -0.753. The summed E-state index contributed by atoms with van der Waals surface area (Å²) < 4.78 is 23.3. The largest absolute Gasteiger partial charge is 0.455 e. The monoisotopic (exact) mass is 456 g/mol. The fourth-order valence-electron chi connectivity index (χ4n) is 3.03. The van der Waals surface area contributed by atoms with E-state index in [0.29, 0.717) is 32.3 Å². The Morgan fingerprint density at radius 1 is 0.964 bits per heavy atom. The van der Waals surface area contributed by atoms with E-state index in [9.17, 15) is 9.59 Å². The quantitative estimate of drug-likeness (QED) is 0.410. The molecule has 0 aliphatic carbocycles. The lowest BCUT2D eigenvalue weighted by molar-refractivity contribution is -0.232. The van der Waals surface area contributed by atoms with E-state index in [1.54, 1.807) is 6.92 Å². The molecule has 1 aliphatic heterocycles. The van der Waals surface area contributed by atoms with Crippen LogP contribution in [-0.2, 0) is 35.1 Å². The van der Waals surface area contributed by atoms with Crippen molar-refractivity contribution in [1.82, 2.24) is 0 Å². The topological polar surface area (TPSA) is 71.1 Å². The van der Waals surface area contributed by atoms with E-state index in [-0.39, 0.29) is 11.9 Å². The maximum Gasteiger partial charge on any atom is 0.306 e. The number of hydrogen-bond donors (Lipinski definition) is 0. The van der Waals surface area contributed by atoms with Crippen molar-refractivity contribution < 1.29 is 28.5 Å². The molecule has 1 saturated heterocycles. The van der Waals surface area contributed by atoms with Gasteiger partial charge in [0.2, 0.25) is 0 Å². The summed E-state index contributed by atoms with van der Waals surface area (Å²) >= 11 is 3.48. The number of esters is 2. The average Bonchev–Trinajstić information content (AvgIpc) is 2.65. The average molecular weight is 457 g/mol. The van der Waals surface area contributed by atoms with Gasteiger partial charge in [0.1, 0.15) is 11.1 Å². The highest BCUT2D eigenvalue weighted by atomic mass is 79.9. The molecule has 1 aliphatic rings. The summed E-state index contributed by atoms with van der Waals surface area (Å²) in [6.07, 6.45) is -0.600. The zero-order chi connectivity index (χ0) is 20.5. The zero-order valence-corrected chi connectivity index (χ0v) is 18.2. The molecule has 2 rings (SSSR count). The van der Waals surface area contributed by atoms with Crippen LogP contribution < -0.4 is 0 Å². The summed E-state index contributed by atoms with van der Waals surface area (Å²) in [6.45, 7) is 5.93. The predicted molar refractivity (Wildman–Crippen MR) is 108 cm³/mol. The first-order chi connectivity index (χ1) is 13.5. The predicted octanol–water partition coefficient (Wildman–Crippen LogP) is 4.14. The first-order valence-corrected chi connectivity index (χ1v) is 10.7. The number of ether oxygens (including phenoxy) is 4. The van der Waals surface area contributed by atoms with Crippen molar-refractivity contribution in [2.45, 2.75) is 82.5 Å². The highest BCUT2D eigenvalue weighted by molar-refractivity contribution is 9.09. The Labute approximate surface area is 175 Å². The van der Waals surface area contributed by atoms with Crippen LogP contribution in [0.1, 0.15) is 52.0 Å². The van der Waals surface area contributed by atoms with Gasteiger partial charge in [0.05, 0.1) is 12.7 Å². The van der Waals surface area contributed by atoms with E-state index >= 15 is 0 Å². The van der Waals surface area contributed by atoms with Crippen LogP contribution in [0.2, 0.25) is 0 Å². The van der Waals surface area contributed by atoms with Gasteiger partial charge in [-0.3, -0.25) is 9.59 Å². The smallest absolute Gasteiger partial charge is 0.306 e.